The van der Waals surface area contributed by atoms with Crippen LogP contribution in [0.5, 0.6) is 0 Å². The van der Waals surface area contributed by atoms with Gasteiger partial charge in [0.05, 0.1) is 49.7 Å². The van der Waals surface area contributed by atoms with Gasteiger partial charge >= 0.3 is 23.9 Å². The SMILES string of the molecule is C[C@@H]1O[C@@H](O[C@H]2[C@H](OC(=O)[C@]34CCC(C)(C)C[C@H]3C3=CCC5[C@@]6(C)C[C@H](O)[C@H](O[C@@H]7O[C@H](C(=O)O)[C@@H](O)[C@H](O[C@@H]8OC[C@@H](O)[C@H](O)[C@H]8O)[C@H]7O)[C@@](C)(C(=O)O)C6CC[C@@]5(C)[C@]3(C)C[C@H]4O)O[C@H](C)[C@H](O)[C@@H]2OC(=O)/C=C/c2ccccc2)[C@H](O)[C@H](O[C@@H]2OC[C@](O)(CO)[C@H]2O)[C@H]1O. The summed E-state index contributed by atoms with van der Waals surface area (Å²) in [5.74, 6) is -7.05. The molecule has 0 spiro atoms. The summed E-state index contributed by atoms with van der Waals surface area (Å²) >= 11 is 0. The quantitative estimate of drug-likeness (QED) is 0.0387. The maximum absolute atomic E-state index is 16.0. The first-order valence-corrected chi connectivity index (χ1v) is 33.4. The molecule has 30 heteroatoms. The van der Waals surface area contributed by atoms with E-state index in [1.54, 1.807) is 30.3 Å². The lowest BCUT2D eigenvalue weighted by atomic mass is 9.33. The molecule has 9 fully saturated rings. The number of carboxylic acid groups (broad SMARTS) is 2. The zero-order valence-corrected chi connectivity index (χ0v) is 55.3. The number of aliphatic hydroxyl groups is 13. The van der Waals surface area contributed by atoms with Gasteiger partial charge in [0, 0.05) is 6.08 Å². The number of rotatable bonds is 16. The largest absolute Gasteiger partial charge is 0.481 e. The molecule has 544 valence electrons. The molecule has 97 heavy (non-hydrogen) atoms. The molecule has 5 saturated heterocycles. The van der Waals surface area contributed by atoms with Crippen LogP contribution >= 0.6 is 0 Å². The fourth-order valence-electron chi connectivity index (χ4n) is 18.5. The van der Waals surface area contributed by atoms with Gasteiger partial charge in [0.1, 0.15) is 84.3 Å². The molecule has 4 saturated carbocycles. The zero-order chi connectivity index (χ0) is 70.8. The van der Waals surface area contributed by atoms with Gasteiger partial charge in [-0.2, -0.15) is 0 Å². The van der Waals surface area contributed by atoms with Crippen molar-refractivity contribution in [2.75, 3.05) is 19.8 Å². The third-order valence-corrected chi connectivity index (χ3v) is 24.3. The van der Waals surface area contributed by atoms with Crippen molar-refractivity contribution in [1.29, 1.82) is 0 Å². The first-order chi connectivity index (χ1) is 45.4. The molecule has 1 aromatic rings. The van der Waals surface area contributed by atoms with Crippen LogP contribution in [0.4, 0.5) is 0 Å². The third-order valence-electron chi connectivity index (χ3n) is 24.3. The molecule has 33 atom stereocenters. The molecular weight excluding hydrogens is 1280 g/mol. The predicted molar refractivity (Wildman–Crippen MR) is 325 cm³/mol. The summed E-state index contributed by atoms with van der Waals surface area (Å²) < 4.78 is 65.5. The van der Waals surface area contributed by atoms with Gasteiger partial charge in [-0.1, -0.05) is 76.6 Å². The van der Waals surface area contributed by atoms with E-state index in [4.69, 9.17) is 52.1 Å². The number of carbonyl (C=O) groups excluding carboxylic acids is 2. The molecule has 10 aliphatic rings. The summed E-state index contributed by atoms with van der Waals surface area (Å²) in [6.45, 7) is 12.3. The van der Waals surface area contributed by atoms with Gasteiger partial charge in [0.2, 0.25) is 6.29 Å². The van der Waals surface area contributed by atoms with Crippen molar-refractivity contribution in [2.24, 2.45) is 50.2 Å². The molecule has 0 bridgehead atoms. The average Bonchev–Trinajstić information content (AvgIpc) is 1.11. The minimum absolute atomic E-state index is 0.0321. The van der Waals surface area contributed by atoms with E-state index < -0.39 is 247 Å². The number of hydrogen-bond donors (Lipinski definition) is 15. The van der Waals surface area contributed by atoms with Crippen molar-refractivity contribution in [1.82, 2.24) is 0 Å². The second-order valence-electron chi connectivity index (χ2n) is 30.5. The van der Waals surface area contributed by atoms with E-state index in [1.807, 2.05) is 13.8 Å². The molecule has 0 radical (unpaired) electrons. The van der Waals surface area contributed by atoms with E-state index >= 15 is 4.79 Å². The van der Waals surface area contributed by atoms with Crippen molar-refractivity contribution in [3.8, 4) is 0 Å². The highest BCUT2D eigenvalue weighted by Crippen LogP contribution is 2.76. The van der Waals surface area contributed by atoms with Gasteiger partial charge in [-0.05, 0) is 123 Å². The Labute approximate surface area is 559 Å². The van der Waals surface area contributed by atoms with E-state index in [2.05, 4.69) is 26.8 Å². The number of fused-ring (bicyclic) bond motifs is 7. The zero-order valence-electron chi connectivity index (χ0n) is 55.3. The van der Waals surface area contributed by atoms with Crippen LogP contribution in [0.15, 0.2) is 48.1 Å². The monoisotopic (exact) mass is 1380 g/mol. The van der Waals surface area contributed by atoms with Crippen LogP contribution in [0.1, 0.15) is 112 Å². The molecule has 1 aromatic carbocycles. The molecule has 0 amide bonds. The smallest absolute Gasteiger partial charge is 0.335 e. The van der Waals surface area contributed by atoms with Gasteiger partial charge in [-0.3, -0.25) is 9.59 Å². The Morgan fingerprint density at radius 1 is 0.619 bits per heavy atom. The Kier molecular flexibility index (Phi) is 20.7. The van der Waals surface area contributed by atoms with Crippen molar-refractivity contribution in [2.45, 2.75) is 260 Å². The maximum Gasteiger partial charge on any atom is 0.335 e. The fraction of sp³-hybridized carbons (Fsp3) is 0.791. The average molecular weight is 1380 g/mol. The number of esters is 2. The van der Waals surface area contributed by atoms with E-state index in [9.17, 15) is 91.0 Å². The molecule has 11 rings (SSSR count). The lowest BCUT2D eigenvalue weighted by Crippen LogP contribution is -2.71. The van der Waals surface area contributed by atoms with Crippen LogP contribution in [-0.4, -0.2) is 273 Å². The number of aliphatic hydroxyl groups excluding tert-OH is 12. The summed E-state index contributed by atoms with van der Waals surface area (Å²) in [4.78, 5) is 56.6. The highest BCUT2D eigenvalue weighted by Gasteiger charge is 2.75. The summed E-state index contributed by atoms with van der Waals surface area (Å²) in [6.07, 6.45) is -36.8. The Morgan fingerprint density at radius 2 is 1.24 bits per heavy atom. The van der Waals surface area contributed by atoms with Crippen LogP contribution in [0.2, 0.25) is 0 Å². The second kappa shape index (κ2) is 27.1. The summed E-state index contributed by atoms with van der Waals surface area (Å²) in [6, 6.07) is 8.72. The third kappa shape index (κ3) is 12.5. The highest BCUT2D eigenvalue weighted by molar-refractivity contribution is 5.87. The molecule has 15 N–H and O–H groups in total. The number of carboxylic acids is 2. The normalized spacial score (nSPS) is 50.4. The topological polar surface area (TPSA) is 473 Å². The fourth-order valence-corrected chi connectivity index (χ4v) is 18.5. The van der Waals surface area contributed by atoms with Gasteiger partial charge in [0.25, 0.3) is 0 Å². The van der Waals surface area contributed by atoms with Gasteiger partial charge < -0.3 is 129 Å². The Hall–Kier alpha value is -4.30. The van der Waals surface area contributed by atoms with E-state index in [-0.39, 0.29) is 25.7 Å². The lowest BCUT2D eigenvalue weighted by Gasteiger charge is -2.71. The van der Waals surface area contributed by atoms with Crippen molar-refractivity contribution in [3.63, 3.8) is 0 Å². The molecule has 5 aliphatic heterocycles. The van der Waals surface area contributed by atoms with Crippen LogP contribution in [0.25, 0.3) is 6.08 Å². The Morgan fingerprint density at radius 3 is 1.88 bits per heavy atom. The number of benzene rings is 1. The number of carbonyl (C=O) groups is 4. The molecule has 2 unspecified atom stereocenters. The van der Waals surface area contributed by atoms with Gasteiger partial charge in [-0.25, -0.2) is 9.59 Å². The van der Waals surface area contributed by atoms with Gasteiger partial charge in [-0.15, -0.1) is 0 Å². The van der Waals surface area contributed by atoms with E-state index in [0.29, 0.717) is 31.2 Å². The predicted octanol–water partition coefficient (Wildman–Crippen LogP) is -1.51. The van der Waals surface area contributed by atoms with E-state index in [1.165, 1.54) is 26.8 Å². The summed E-state index contributed by atoms with van der Waals surface area (Å²) in [5, 5.41) is 168. The Balaban J connectivity index is 0.889. The minimum atomic E-state index is -2.18. The van der Waals surface area contributed by atoms with Gasteiger partial charge in [0.15, 0.2) is 43.5 Å². The molecule has 0 aromatic heterocycles. The number of allylic oxidation sites excluding steroid dienone is 2. The van der Waals surface area contributed by atoms with Crippen molar-refractivity contribution >= 4 is 30.0 Å². The lowest BCUT2D eigenvalue weighted by molar-refractivity contribution is -0.368. The number of hydrogen-bond acceptors (Lipinski definition) is 28. The van der Waals surface area contributed by atoms with Crippen LogP contribution in [-0.2, 0) is 71.3 Å². The maximum atomic E-state index is 16.0. The molecule has 5 heterocycles. The molecular formula is C67H96O30. The summed E-state index contributed by atoms with van der Waals surface area (Å²) in [7, 11) is 0. The van der Waals surface area contributed by atoms with Crippen molar-refractivity contribution < 1.29 is 148 Å². The van der Waals surface area contributed by atoms with Crippen LogP contribution < -0.4 is 0 Å². The summed E-state index contributed by atoms with van der Waals surface area (Å²) in [5.41, 5.74) is -7.67. The number of aliphatic carboxylic acids is 2. The number of ether oxygens (including phenoxy) is 11. The Bertz CT molecular complexity index is 3100. The van der Waals surface area contributed by atoms with E-state index in [0.717, 1.165) is 11.6 Å². The minimum Gasteiger partial charge on any atom is -0.481 e. The van der Waals surface area contributed by atoms with Crippen LogP contribution in [0.3, 0.4) is 0 Å². The first-order valence-electron chi connectivity index (χ1n) is 33.4. The highest BCUT2D eigenvalue weighted by atomic mass is 16.8. The van der Waals surface area contributed by atoms with Crippen LogP contribution in [0, 0.1) is 50.2 Å². The second-order valence-corrected chi connectivity index (χ2v) is 30.5. The standard InChI is InChI=1S/C67H96O30/c1-28-39(73)46(93-58-51(80)66(86,26-68)27-88-58)44(78)55(89-28)95-50-48(91-38(72)17-14-30-12-10-9-11-13-30)40(74)29(2)90-57(50)97-60(85)67-21-20-61(3,4)22-32(67)31-15-16-35-62(5)23-33(69)52(65(8,59(83)84)36(62)18-19-63(35,6)64(31,7)24-37(67)71)96-56-45(79)47(43(77)49(94-56)53(81)82)92-54-42(76)41(75)34(70)25-87-54/h9-15,17,28-29,32-37,39-52,54-58,68-71,73-80,86H,16,18-27H2,1-8H3,(H,81,82)(H,83,84)/b17-14+/t28-,29+,32-,33-,34+,35?,36?,37+,39-,40-,41-,42+,43-,44+,45+,46+,47-,48-,49-,50+,51-,52-,54-,55-,56-,57-,58-,62+,63+,64+,65-,66+,67+/m0/s1. The molecule has 30 nitrogen and oxygen atoms in total. The first kappa shape index (κ1) is 73.9. The molecule has 5 aliphatic carbocycles. The van der Waals surface area contributed by atoms with Crippen molar-refractivity contribution in [3.05, 3.63) is 53.6 Å².